The lowest BCUT2D eigenvalue weighted by atomic mass is 10.1. The van der Waals surface area contributed by atoms with Crippen LogP contribution in [0.5, 0.6) is 23.0 Å². The Morgan fingerprint density at radius 3 is 2.27 bits per heavy atom. The highest BCUT2D eigenvalue weighted by Gasteiger charge is 2.13. The highest BCUT2D eigenvalue weighted by atomic mass is 16.6. The summed E-state index contributed by atoms with van der Waals surface area (Å²) in [5, 5.41) is 3.92. The van der Waals surface area contributed by atoms with Gasteiger partial charge in [-0.25, -0.2) is 10.2 Å². The van der Waals surface area contributed by atoms with E-state index in [1.165, 1.54) is 20.4 Å². The Morgan fingerprint density at radius 2 is 1.58 bits per heavy atom. The van der Waals surface area contributed by atoms with E-state index in [0.717, 1.165) is 5.56 Å². The molecule has 0 unspecified atom stereocenters. The van der Waals surface area contributed by atoms with Crippen molar-refractivity contribution in [1.82, 2.24) is 5.43 Å². The lowest BCUT2D eigenvalue weighted by Crippen LogP contribution is -2.24. The molecule has 0 radical (unpaired) electrons. The van der Waals surface area contributed by atoms with Crippen LogP contribution in [0, 0.1) is 6.92 Å². The molecule has 1 N–H and O–H groups in total. The van der Waals surface area contributed by atoms with Gasteiger partial charge in [-0.1, -0.05) is 29.8 Å². The van der Waals surface area contributed by atoms with Gasteiger partial charge in [0.05, 0.1) is 26.0 Å². The molecule has 0 bridgehead atoms. The van der Waals surface area contributed by atoms with Crippen molar-refractivity contribution in [2.75, 3.05) is 20.8 Å². The normalized spacial score (nSPS) is 10.5. The molecule has 0 aromatic heterocycles. The molecule has 0 aliphatic rings. The first-order valence-corrected chi connectivity index (χ1v) is 10.0. The van der Waals surface area contributed by atoms with E-state index in [2.05, 4.69) is 10.5 Å². The predicted molar refractivity (Wildman–Crippen MR) is 123 cm³/mol. The van der Waals surface area contributed by atoms with Crippen molar-refractivity contribution in [3.8, 4) is 23.0 Å². The molecule has 0 aliphatic carbocycles. The maximum atomic E-state index is 12.4. The molecule has 0 spiro atoms. The largest absolute Gasteiger partial charge is 0.493 e. The van der Waals surface area contributed by atoms with E-state index in [9.17, 15) is 9.59 Å². The topological polar surface area (TPSA) is 95.5 Å². The number of hydrazone groups is 1. The average molecular weight is 448 g/mol. The number of hydrogen-bond acceptors (Lipinski definition) is 7. The van der Waals surface area contributed by atoms with Crippen LogP contribution in [0.15, 0.2) is 71.8 Å². The molecule has 3 aromatic carbocycles. The molecule has 0 saturated heterocycles. The van der Waals surface area contributed by atoms with Crippen molar-refractivity contribution in [2.24, 2.45) is 5.10 Å². The summed E-state index contributed by atoms with van der Waals surface area (Å²) in [5.41, 5.74) is 4.50. The Bertz CT molecular complexity index is 1140. The zero-order chi connectivity index (χ0) is 23.6. The predicted octanol–water partition coefficient (Wildman–Crippen LogP) is 3.76. The van der Waals surface area contributed by atoms with E-state index in [4.69, 9.17) is 18.9 Å². The van der Waals surface area contributed by atoms with Gasteiger partial charge in [-0.3, -0.25) is 4.79 Å². The quantitative estimate of drug-likeness (QED) is 0.232. The van der Waals surface area contributed by atoms with Crippen LogP contribution in [-0.4, -0.2) is 38.9 Å². The van der Waals surface area contributed by atoms with Crippen LogP contribution in [-0.2, 0) is 4.79 Å². The first-order chi connectivity index (χ1) is 16.0. The summed E-state index contributed by atoms with van der Waals surface area (Å²) in [6.45, 7) is 1.71. The number of para-hydroxylation sites is 2. The Balaban J connectivity index is 1.56. The number of nitrogens with one attached hydrogen (secondary N) is 1. The Morgan fingerprint density at radius 1 is 0.879 bits per heavy atom. The van der Waals surface area contributed by atoms with Crippen LogP contribution < -0.4 is 24.4 Å². The third kappa shape index (κ3) is 6.57. The van der Waals surface area contributed by atoms with E-state index in [-0.39, 0.29) is 12.4 Å². The minimum Gasteiger partial charge on any atom is -0.493 e. The van der Waals surface area contributed by atoms with Crippen molar-refractivity contribution in [1.29, 1.82) is 0 Å². The standard InChI is InChI=1S/C25H24N2O6/c1-17-8-11-19(12-9-17)25(29)33-22-13-10-18(14-23(22)31-3)15-26-27-24(28)16-32-21-7-5-4-6-20(21)30-2/h4-15H,16H2,1-3H3,(H,27,28). The molecule has 0 atom stereocenters. The summed E-state index contributed by atoms with van der Waals surface area (Å²) in [6, 6.07) is 19.0. The number of nitrogens with zero attached hydrogens (tertiary/aromatic N) is 1. The molecule has 170 valence electrons. The molecule has 8 nitrogen and oxygen atoms in total. The van der Waals surface area contributed by atoms with E-state index in [0.29, 0.717) is 28.4 Å². The van der Waals surface area contributed by atoms with Gasteiger partial charge in [0.1, 0.15) is 0 Å². The third-order valence-electron chi connectivity index (χ3n) is 4.51. The SMILES string of the molecule is COc1ccccc1OCC(=O)NN=Cc1ccc(OC(=O)c2ccc(C)cc2)c(OC)c1. The Hall–Kier alpha value is -4.33. The van der Waals surface area contributed by atoms with Crippen LogP contribution in [0.3, 0.4) is 0 Å². The molecule has 3 rings (SSSR count). The lowest BCUT2D eigenvalue weighted by Gasteiger charge is -2.10. The fraction of sp³-hybridized carbons (Fsp3) is 0.160. The number of carbonyl (C=O) groups is 2. The number of aryl methyl sites for hydroxylation is 1. The van der Waals surface area contributed by atoms with Gasteiger partial charge >= 0.3 is 5.97 Å². The zero-order valence-electron chi connectivity index (χ0n) is 18.5. The van der Waals surface area contributed by atoms with Gasteiger partial charge in [-0.2, -0.15) is 5.10 Å². The zero-order valence-corrected chi connectivity index (χ0v) is 18.5. The highest BCUT2D eigenvalue weighted by Crippen LogP contribution is 2.28. The number of carbonyl (C=O) groups excluding carboxylic acids is 2. The van der Waals surface area contributed by atoms with Crippen molar-refractivity contribution in [3.05, 3.63) is 83.4 Å². The van der Waals surface area contributed by atoms with Gasteiger partial charge in [-0.05, 0) is 55.0 Å². The summed E-state index contributed by atoms with van der Waals surface area (Å²) in [4.78, 5) is 24.3. The van der Waals surface area contributed by atoms with Crippen LogP contribution in [0.25, 0.3) is 0 Å². The second-order valence-electron chi connectivity index (χ2n) is 6.90. The molecular weight excluding hydrogens is 424 g/mol. The van der Waals surface area contributed by atoms with Gasteiger partial charge in [0.25, 0.3) is 5.91 Å². The number of methoxy groups -OCH3 is 2. The van der Waals surface area contributed by atoms with Gasteiger partial charge in [-0.15, -0.1) is 0 Å². The van der Waals surface area contributed by atoms with Gasteiger partial charge < -0.3 is 18.9 Å². The van der Waals surface area contributed by atoms with E-state index >= 15 is 0 Å². The summed E-state index contributed by atoms with van der Waals surface area (Å²) in [6.07, 6.45) is 1.44. The molecule has 0 saturated carbocycles. The first kappa shape index (κ1) is 23.3. The van der Waals surface area contributed by atoms with Crippen LogP contribution >= 0.6 is 0 Å². The maximum Gasteiger partial charge on any atom is 0.343 e. The molecule has 8 heteroatoms. The monoisotopic (exact) mass is 448 g/mol. The highest BCUT2D eigenvalue weighted by molar-refractivity contribution is 5.91. The summed E-state index contributed by atoms with van der Waals surface area (Å²) in [7, 11) is 2.99. The number of benzene rings is 3. The maximum absolute atomic E-state index is 12.4. The summed E-state index contributed by atoms with van der Waals surface area (Å²) < 4.78 is 21.4. The number of hydrogen-bond donors (Lipinski definition) is 1. The number of ether oxygens (including phenoxy) is 4. The summed E-state index contributed by atoms with van der Waals surface area (Å²) >= 11 is 0. The Labute approximate surface area is 191 Å². The molecule has 0 heterocycles. The lowest BCUT2D eigenvalue weighted by molar-refractivity contribution is -0.123. The summed E-state index contributed by atoms with van der Waals surface area (Å²) in [5.74, 6) is 0.688. The minimum atomic E-state index is -0.489. The van der Waals surface area contributed by atoms with Crippen molar-refractivity contribution < 1.29 is 28.5 Å². The van der Waals surface area contributed by atoms with E-state index in [1.807, 2.05) is 19.1 Å². The third-order valence-corrected chi connectivity index (χ3v) is 4.51. The van der Waals surface area contributed by atoms with Crippen molar-refractivity contribution in [2.45, 2.75) is 6.92 Å². The van der Waals surface area contributed by atoms with Crippen molar-refractivity contribution >= 4 is 18.1 Å². The smallest absolute Gasteiger partial charge is 0.343 e. The second kappa shape index (κ2) is 11.3. The first-order valence-electron chi connectivity index (χ1n) is 10.0. The fourth-order valence-corrected chi connectivity index (χ4v) is 2.79. The van der Waals surface area contributed by atoms with Crippen LogP contribution in [0.2, 0.25) is 0 Å². The van der Waals surface area contributed by atoms with Crippen LogP contribution in [0.1, 0.15) is 21.5 Å². The number of rotatable bonds is 9. The second-order valence-corrected chi connectivity index (χ2v) is 6.90. The van der Waals surface area contributed by atoms with Crippen molar-refractivity contribution in [3.63, 3.8) is 0 Å². The molecule has 3 aromatic rings. The molecule has 1 amide bonds. The molecular formula is C25H24N2O6. The van der Waals surface area contributed by atoms with Gasteiger partial charge in [0, 0.05) is 0 Å². The van der Waals surface area contributed by atoms with Gasteiger partial charge in [0.15, 0.2) is 29.6 Å². The number of esters is 1. The minimum absolute atomic E-state index is 0.227. The molecule has 0 fully saturated rings. The molecule has 0 aliphatic heterocycles. The van der Waals surface area contributed by atoms with E-state index < -0.39 is 11.9 Å². The van der Waals surface area contributed by atoms with E-state index in [1.54, 1.807) is 54.6 Å². The molecule has 33 heavy (non-hydrogen) atoms. The van der Waals surface area contributed by atoms with Gasteiger partial charge in [0.2, 0.25) is 0 Å². The Kier molecular flexibility index (Phi) is 8.02. The number of amides is 1. The fourth-order valence-electron chi connectivity index (χ4n) is 2.79. The average Bonchev–Trinajstić information content (AvgIpc) is 2.84. The van der Waals surface area contributed by atoms with Crippen LogP contribution in [0.4, 0.5) is 0 Å².